The number of carbonyl (C=O) groups excluding carboxylic acids is 3. The lowest BCUT2D eigenvalue weighted by molar-refractivity contribution is -0.142. The summed E-state index contributed by atoms with van der Waals surface area (Å²) in [6.45, 7) is 5.96. The number of fused-ring (bicyclic) bond motifs is 1. The lowest BCUT2D eigenvalue weighted by Crippen LogP contribution is -2.48. The monoisotopic (exact) mass is 636 g/mol. The number of halogens is 3. The Morgan fingerprint density at radius 2 is 1.89 bits per heavy atom. The van der Waals surface area contributed by atoms with Crippen LogP contribution in [-0.4, -0.2) is 95.4 Å². The number of nitrogens with one attached hydrogen (secondary N) is 1. The standard InChI is InChI=1S/C32H43F3N4O6/c1-21-18-39(22(2)20-40)31(43)26-17-25(37-29(41)10-13-32(33,34)35)8-9-27(26)45-23(3)7-5-6-16-44-28(21)19-38(4)30(42)24-11-14-36-15-12-24/h8-9,11-12,14-15,17,21-23,28,40H,5-7,10,13,16,18-20H2,1-4H3,(H,37,41)/t21-,22+,23-,28+/m1/s1. The molecule has 4 atom stereocenters. The predicted octanol–water partition coefficient (Wildman–Crippen LogP) is 4.93. The molecule has 1 aromatic carbocycles. The minimum Gasteiger partial charge on any atom is -0.490 e. The van der Waals surface area contributed by atoms with Gasteiger partial charge in [-0.3, -0.25) is 19.4 Å². The maximum Gasteiger partial charge on any atom is 0.389 e. The van der Waals surface area contributed by atoms with Gasteiger partial charge in [-0.2, -0.15) is 13.2 Å². The Morgan fingerprint density at radius 1 is 1.18 bits per heavy atom. The first-order chi connectivity index (χ1) is 21.3. The minimum absolute atomic E-state index is 0.0995. The molecule has 0 aliphatic carbocycles. The summed E-state index contributed by atoms with van der Waals surface area (Å²) in [5.74, 6) is -1.55. The van der Waals surface area contributed by atoms with Crippen molar-refractivity contribution in [3.8, 4) is 5.75 Å². The number of pyridine rings is 1. The van der Waals surface area contributed by atoms with Crippen LogP contribution in [0.5, 0.6) is 5.75 Å². The fourth-order valence-corrected chi connectivity index (χ4v) is 5.01. The number of amides is 3. The second kappa shape index (κ2) is 16.6. The zero-order chi connectivity index (χ0) is 33.1. The molecule has 0 spiro atoms. The van der Waals surface area contributed by atoms with Crippen molar-refractivity contribution >= 4 is 23.4 Å². The van der Waals surface area contributed by atoms with Crippen LogP contribution in [0.1, 0.15) is 73.6 Å². The van der Waals surface area contributed by atoms with Crippen molar-refractivity contribution in [3.05, 3.63) is 53.9 Å². The summed E-state index contributed by atoms with van der Waals surface area (Å²) in [5, 5.41) is 12.5. The number of carbonyl (C=O) groups is 3. The third-order valence-corrected chi connectivity index (χ3v) is 7.70. The van der Waals surface area contributed by atoms with E-state index < -0.39 is 43.0 Å². The number of nitrogens with zero attached hydrogens (tertiary/aromatic N) is 3. The van der Waals surface area contributed by atoms with Crippen molar-refractivity contribution in [2.24, 2.45) is 5.92 Å². The molecule has 13 heteroatoms. The van der Waals surface area contributed by atoms with Crippen molar-refractivity contribution in [1.29, 1.82) is 0 Å². The average Bonchev–Trinajstić information content (AvgIpc) is 3.01. The van der Waals surface area contributed by atoms with Crippen LogP contribution >= 0.6 is 0 Å². The molecule has 0 fully saturated rings. The average molecular weight is 637 g/mol. The Morgan fingerprint density at radius 3 is 2.56 bits per heavy atom. The van der Waals surface area contributed by atoms with Gasteiger partial charge >= 0.3 is 6.18 Å². The third-order valence-electron chi connectivity index (χ3n) is 7.70. The van der Waals surface area contributed by atoms with Crippen molar-refractivity contribution in [3.63, 3.8) is 0 Å². The molecule has 10 nitrogen and oxygen atoms in total. The Kier molecular flexibility index (Phi) is 13.2. The molecule has 0 bridgehead atoms. The van der Waals surface area contributed by atoms with E-state index in [9.17, 15) is 32.7 Å². The molecule has 2 N–H and O–H groups in total. The van der Waals surface area contributed by atoms with E-state index >= 15 is 0 Å². The van der Waals surface area contributed by atoms with Gasteiger partial charge in [0.05, 0.1) is 36.8 Å². The quantitative estimate of drug-likeness (QED) is 0.422. The van der Waals surface area contributed by atoms with Crippen LogP contribution in [0, 0.1) is 5.92 Å². The summed E-state index contributed by atoms with van der Waals surface area (Å²) >= 11 is 0. The number of benzene rings is 1. The first kappa shape index (κ1) is 35.8. The normalized spacial score (nSPS) is 20.8. The highest BCUT2D eigenvalue weighted by Gasteiger charge is 2.32. The second-order valence-electron chi connectivity index (χ2n) is 11.6. The molecule has 0 saturated heterocycles. The number of hydrogen-bond donors (Lipinski definition) is 2. The van der Waals surface area contributed by atoms with Crippen LogP contribution in [0.15, 0.2) is 42.7 Å². The number of anilines is 1. The minimum atomic E-state index is -4.48. The van der Waals surface area contributed by atoms with E-state index in [1.165, 1.54) is 23.1 Å². The summed E-state index contributed by atoms with van der Waals surface area (Å²) < 4.78 is 50.3. The summed E-state index contributed by atoms with van der Waals surface area (Å²) in [5.41, 5.74) is 0.731. The Hall–Kier alpha value is -3.71. The van der Waals surface area contributed by atoms with Gasteiger partial charge in [0.2, 0.25) is 5.91 Å². The summed E-state index contributed by atoms with van der Waals surface area (Å²) in [6, 6.07) is 7.03. The first-order valence-electron chi connectivity index (χ1n) is 15.1. The lowest BCUT2D eigenvalue weighted by atomic mass is 10.0. The van der Waals surface area contributed by atoms with Gasteiger partial charge < -0.3 is 29.7 Å². The van der Waals surface area contributed by atoms with Crippen LogP contribution in [0.25, 0.3) is 0 Å². The highest BCUT2D eigenvalue weighted by Crippen LogP contribution is 2.29. The Labute approximate surface area is 261 Å². The zero-order valence-electron chi connectivity index (χ0n) is 26.2. The molecule has 0 unspecified atom stereocenters. The zero-order valence-corrected chi connectivity index (χ0v) is 26.2. The third kappa shape index (κ3) is 11.0. The number of aliphatic hydroxyl groups is 1. The molecular weight excluding hydrogens is 593 g/mol. The van der Waals surface area contributed by atoms with Crippen molar-refractivity contribution in [1.82, 2.24) is 14.8 Å². The molecule has 0 saturated carbocycles. The molecular formula is C32H43F3N4O6. The van der Waals surface area contributed by atoms with E-state index in [4.69, 9.17) is 9.47 Å². The topological polar surface area (TPSA) is 121 Å². The van der Waals surface area contributed by atoms with E-state index in [1.54, 1.807) is 43.4 Å². The number of rotatable bonds is 8. The molecule has 1 aliphatic heterocycles. The molecule has 2 aromatic rings. The van der Waals surface area contributed by atoms with Gasteiger partial charge in [0.15, 0.2) is 0 Å². The van der Waals surface area contributed by atoms with E-state index in [-0.39, 0.29) is 54.6 Å². The number of likely N-dealkylation sites (N-methyl/N-ethyl adjacent to an activating group) is 1. The smallest absolute Gasteiger partial charge is 0.389 e. The van der Waals surface area contributed by atoms with E-state index in [2.05, 4.69) is 10.3 Å². The summed E-state index contributed by atoms with van der Waals surface area (Å²) in [4.78, 5) is 46.5. The fourth-order valence-electron chi connectivity index (χ4n) is 5.01. The van der Waals surface area contributed by atoms with Crippen molar-refractivity contribution < 1.29 is 42.1 Å². The highest BCUT2D eigenvalue weighted by molar-refractivity contribution is 5.99. The van der Waals surface area contributed by atoms with E-state index in [1.807, 2.05) is 13.8 Å². The second-order valence-corrected chi connectivity index (χ2v) is 11.6. The van der Waals surface area contributed by atoms with Crippen LogP contribution < -0.4 is 10.1 Å². The molecule has 2 heterocycles. The number of ether oxygens (including phenoxy) is 2. The molecule has 0 radical (unpaired) electrons. The lowest BCUT2D eigenvalue weighted by Gasteiger charge is -2.36. The van der Waals surface area contributed by atoms with Gasteiger partial charge in [0, 0.05) is 62.7 Å². The van der Waals surface area contributed by atoms with Crippen LogP contribution in [0.3, 0.4) is 0 Å². The van der Waals surface area contributed by atoms with Gasteiger partial charge in [-0.05, 0) is 63.4 Å². The Bertz CT molecular complexity index is 1280. The maximum atomic E-state index is 14.1. The van der Waals surface area contributed by atoms with Crippen LogP contribution in [0.2, 0.25) is 0 Å². The molecule has 45 heavy (non-hydrogen) atoms. The molecule has 248 valence electrons. The number of aliphatic hydroxyl groups excluding tert-OH is 1. The Balaban J connectivity index is 1.91. The van der Waals surface area contributed by atoms with Crippen LogP contribution in [0.4, 0.5) is 18.9 Å². The maximum absolute atomic E-state index is 14.1. The van der Waals surface area contributed by atoms with Gasteiger partial charge in [-0.15, -0.1) is 0 Å². The summed E-state index contributed by atoms with van der Waals surface area (Å²) in [6.07, 6.45) is -1.97. The highest BCUT2D eigenvalue weighted by atomic mass is 19.4. The van der Waals surface area contributed by atoms with E-state index in [0.717, 1.165) is 12.8 Å². The summed E-state index contributed by atoms with van der Waals surface area (Å²) in [7, 11) is 1.68. The SMILES string of the molecule is C[C@@H]1CCCCO[C@@H](CN(C)C(=O)c2ccncc2)[C@H](C)CN([C@@H](C)CO)C(=O)c2cc(NC(=O)CCC(F)(F)F)ccc2O1. The van der Waals surface area contributed by atoms with Crippen molar-refractivity contribution in [2.75, 3.05) is 38.7 Å². The molecule has 3 rings (SSSR count). The van der Waals surface area contributed by atoms with Gasteiger partial charge in [0.1, 0.15) is 5.75 Å². The van der Waals surface area contributed by atoms with Gasteiger partial charge in [-0.25, -0.2) is 0 Å². The van der Waals surface area contributed by atoms with Gasteiger partial charge in [-0.1, -0.05) is 6.92 Å². The fraction of sp³-hybridized carbons (Fsp3) is 0.562. The number of hydrogen-bond acceptors (Lipinski definition) is 7. The molecule has 1 aliphatic rings. The van der Waals surface area contributed by atoms with Gasteiger partial charge in [0.25, 0.3) is 11.8 Å². The number of alkyl halides is 3. The largest absolute Gasteiger partial charge is 0.490 e. The van der Waals surface area contributed by atoms with Crippen LogP contribution in [-0.2, 0) is 9.53 Å². The number of aromatic nitrogens is 1. The molecule has 1 aromatic heterocycles. The van der Waals surface area contributed by atoms with E-state index in [0.29, 0.717) is 18.6 Å². The molecule has 3 amide bonds. The van der Waals surface area contributed by atoms with Crippen molar-refractivity contribution in [2.45, 2.75) is 77.3 Å². The predicted molar refractivity (Wildman–Crippen MR) is 162 cm³/mol. The first-order valence-corrected chi connectivity index (χ1v) is 15.1.